The highest BCUT2D eigenvalue weighted by atomic mass is 19.4. The molecule has 0 unspecified atom stereocenters. The fourth-order valence-corrected chi connectivity index (χ4v) is 2.59. The first-order valence-electron chi connectivity index (χ1n) is 6.52. The molecule has 0 radical (unpaired) electrons. The van der Waals surface area contributed by atoms with E-state index in [4.69, 9.17) is 5.73 Å². The molecule has 2 rings (SSSR count). The molecule has 0 aromatic carbocycles. The van der Waals surface area contributed by atoms with Crippen LogP contribution in [0.5, 0.6) is 0 Å². The Morgan fingerprint density at radius 2 is 2.00 bits per heavy atom. The lowest BCUT2D eigenvalue weighted by molar-refractivity contribution is -0.137. The van der Waals surface area contributed by atoms with Gasteiger partial charge in [0.2, 0.25) is 0 Å². The van der Waals surface area contributed by atoms with Gasteiger partial charge in [0.25, 0.3) is 0 Å². The van der Waals surface area contributed by atoms with Crippen molar-refractivity contribution in [3.8, 4) is 0 Å². The number of halogens is 3. The first-order chi connectivity index (χ1) is 9.02. The van der Waals surface area contributed by atoms with Crippen molar-refractivity contribution in [2.24, 2.45) is 5.73 Å². The minimum Gasteiger partial charge on any atom is -0.352 e. The molecule has 0 saturated heterocycles. The zero-order valence-corrected chi connectivity index (χ0v) is 10.7. The smallest absolute Gasteiger partial charge is 0.352 e. The van der Waals surface area contributed by atoms with Crippen LogP contribution in [0.4, 0.5) is 19.0 Å². The fourth-order valence-electron chi connectivity index (χ4n) is 2.59. The molecule has 0 aliphatic heterocycles. The molecule has 19 heavy (non-hydrogen) atoms. The molecule has 6 heteroatoms. The Kier molecular flexibility index (Phi) is 4.29. The summed E-state index contributed by atoms with van der Waals surface area (Å²) in [6.07, 6.45) is 1.11. The predicted molar refractivity (Wildman–Crippen MR) is 67.9 cm³/mol. The van der Waals surface area contributed by atoms with E-state index in [1.807, 2.05) is 4.90 Å². The van der Waals surface area contributed by atoms with Gasteiger partial charge in [0.05, 0.1) is 5.56 Å². The molecule has 0 spiro atoms. The minimum atomic E-state index is -4.33. The normalized spacial score (nSPS) is 16.8. The van der Waals surface area contributed by atoms with Crippen LogP contribution in [0.1, 0.15) is 31.2 Å². The topological polar surface area (TPSA) is 42.1 Å². The van der Waals surface area contributed by atoms with Gasteiger partial charge in [-0.1, -0.05) is 12.8 Å². The van der Waals surface area contributed by atoms with Crippen molar-refractivity contribution in [1.29, 1.82) is 0 Å². The summed E-state index contributed by atoms with van der Waals surface area (Å²) in [6, 6.07) is 2.38. The maximum absolute atomic E-state index is 12.7. The van der Waals surface area contributed by atoms with E-state index in [0.29, 0.717) is 18.9 Å². The van der Waals surface area contributed by atoms with Gasteiger partial charge in [0.1, 0.15) is 5.82 Å². The Morgan fingerprint density at radius 1 is 1.32 bits per heavy atom. The number of hydrogen-bond donors (Lipinski definition) is 1. The van der Waals surface area contributed by atoms with Crippen LogP contribution in [-0.4, -0.2) is 24.1 Å². The second kappa shape index (κ2) is 5.77. The zero-order valence-electron chi connectivity index (χ0n) is 10.7. The molecule has 1 heterocycles. The molecule has 1 aromatic rings. The summed E-state index contributed by atoms with van der Waals surface area (Å²) in [7, 11) is 0. The maximum atomic E-state index is 12.7. The van der Waals surface area contributed by atoms with Crippen molar-refractivity contribution in [2.75, 3.05) is 18.0 Å². The molecule has 0 amide bonds. The van der Waals surface area contributed by atoms with Crippen molar-refractivity contribution in [3.63, 3.8) is 0 Å². The molecular weight excluding hydrogens is 255 g/mol. The van der Waals surface area contributed by atoms with E-state index in [1.54, 1.807) is 0 Å². The standard InChI is InChI=1S/C13H18F3N3/c14-13(15,16)10-5-7-18-12(9-10)19(8-6-17)11-3-1-2-4-11/h5,7,9,11H,1-4,6,8,17H2. The molecule has 3 nitrogen and oxygen atoms in total. The number of hydrogen-bond acceptors (Lipinski definition) is 3. The van der Waals surface area contributed by atoms with E-state index in [2.05, 4.69) is 4.98 Å². The first-order valence-corrected chi connectivity index (χ1v) is 6.52. The largest absolute Gasteiger partial charge is 0.416 e. The van der Waals surface area contributed by atoms with Gasteiger partial charge in [-0.25, -0.2) is 4.98 Å². The Hall–Kier alpha value is -1.30. The van der Waals surface area contributed by atoms with Crippen molar-refractivity contribution in [1.82, 2.24) is 4.98 Å². The van der Waals surface area contributed by atoms with Crippen molar-refractivity contribution in [2.45, 2.75) is 37.9 Å². The molecule has 1 aromatic heterocycles. The highest BCUT2D eigenvalue weighted by molar-refractivity contribution is 5.43. The lowest BCUT2D eigenvalue weighted by Crippen LogP contribution is -2.38. The van der Waals surface area contributed by atoms with Crippen LogP contribution in [0.15, 0.2) is 18.3 Å². The van der Waals surface area contributed by atoms with Gasteiger partial charge < -0.3 is 10.6 Å². The predicted octanol–water partition coefficient (Wildman–Crippen LogP) is 2.81. The summed E-state index contributed by atoms with van der Waals surface area (Å²) in [5.74, 6) is 0.382. The summed E-state index contributed by atoms with van der Waals surface area (Å²) < 4.78 is 38.2. The number of pyridine rings is 1. The van der Waals surface area contributed by atoms with Gasteiger partial charge in [-0.3, -0.25) is 0 Å². The third-order valence-corrected chi connectivity index (χ3v) is 3.50. The van der Waals surface area contributed by atoms with Crippen molar-refractivity contribution < 1.29 is 13.2 Å². The van der Waals surface area contributed by atoms with Gasteiger partial charge in [0, 0.05) is 25.3 Å². The highest BCUT2D eigenvalue weighted by Crippen LogP contribution is 2.32. The average molecular weight is 273 g/mol. The molecule has 1 aliphatic rings. The molecule has 2 N–H and O–H groups in total. The van der Waals surface area contributed by atoms with Gasteiger partial charge in [-0.15, -0.1) is 0 Å². The molecule has 106 valence electrons. The molecule has 1 saturated carbocycles. The zero-order chi connectivity index (χ0) is 13.9. The monoisotopic (exact) mass is 273 g/mol. The highest BCUT2D eigenvalue weighted by Gasteiger charge is 2.32. The summed E-state index contributed by atoms with van der Waals surface area (Å²) in [6.45, 7) is 0.952. The Bertz CT molecular complexity index is 414. The minimum absolute atomic E-state index is 0.263. The number of anilines is 1. The second-order valence-electron chi connectivity index (χ2n) is 4.82. The average Bonchev–Trinajstić information content (AvgIpc) is 2.88. The Morgan fingerprint density at radius 3 is 2.58 bits per heavy atom. The van der Waals surface area contributed by atoms with Crippen molar-refractivity contribution >= 4 is 5.82 Å². The van der Waals surface area contributed by atoms with E-state index in [1.165, 1.54) is 6.20 Å². The lowest BCUT2D eigenvalue weighted by atomic mass is 10.2. The number of aromatic nitrogens is 1. The summed E-state index contributed by atoms with van der Waals surface area (Å²) in [5.41, 5.74) is 4.91. The Labute approximate surface area is 110 Å². The second-order valence-corrected chi connectivity index (χ2v) is 4.82. The van der Waals surface area contributed by atoms with E-state index >= 15 is 0 Å². The van der Waals surface area contributed by atoms with Gasteiger partial charge in [0.15, 0.2) is 0 Å². The Balaban J connectivity index is 2.25. The SMILES string of the molecule is NCCN(c1cc(C(F)(F)F)ccn1)C1CCCC1. The number of nitrogens with two attached hydrogens (primary N) is 1. The first kappa shape index (κ1) is 14.1. The van der Waals surface area contributed by atoms with Gasteiger partial charge >= 0.3 is 6.18 Å². The number of rotatable bonds is 4. The van der Waals surface area contributed by atoms with Crippen LogP contribution in [0.3, 0.4) is 0 Å². The fraction of sp³-hybridized carbons (Fsp3) is 0.615. The molecular formula is C13H18F3N3. The molecule has 1 fully saturated rings. The third-order valence-electron chi connectivity index (χ3n) is 3.50. The summed E-state index contributed by atoms with van der Waals surface area (Å²) >= 11 is 0. The molecule has 0 atom stereocenters. The van der Waals surface area contributed by atoms with Gasteiger partial charge in [-0.2, -0.15) is 13.2 Å². The van der Waals surface area contributed by atoms with Gasteiger partial charge in [-0.05, 0) is 25.0 Å². The van der Waals surface area contributed by atoms with E-state index in [-0.39, 0.29) is 6.04 Å². The summed E-state index contributed by atoms with van der Waals surface area (Å²) in [5, 5.41) is 0. The van der Waals surface area contributed by atoms with Crippen LogP contribution in [0.2, 0.25) is 0 Å². The quantitative estimate of drug-likeness (QED) is 0.917. The van der Waals surface area contributed by atoms with Crippen LogP contribution >= 0.6 is 0 Å². The maximum Gasteiger partial charge on any atom is 0.416 e. The van der Waals surface area contributed by atoms with Crippen LogP contribution < -0.4 is 10.6 Å². The number of alkyl halides is 3. The van der Waals surface area contributed by atoms with Crippen LogP contribution in [-0.2, 0) is 6.18 Å². The number of nitrogens with zero attached hydrogens (tertiary/aromatic N) is 2. The van der Waals surface area contributed by atoms with Crippen molar-refractivity contribution in [3.05, 3.63) is 23.9 Å². The molecule has 0 bridgehead atoms. The van der Waals surface area contributed by atoms with E-state index in [0.717, 1.165) is 37.8 Å². The third kappa shape index (κ3) is 3.37. The van der Waals surface area contributed by atoms with E-state index in [9.17, 15) is 13.2 Å². The van der Waals surface area contributed by atoms with Crippen LogP contribution in [0, 0.1) is 0 Å². The van der Waals surface area contributed by atoms with Crippen LogP contribution in [0.25, 0.3) is 0 Å². The lowest BCUT2D eigenvalue weighted by Gasteiger charge is -2.30. The molecule has 1 aliphatic carbocycles. The summed E-state index contributed by atoms with van der Waals surface area (Å²) in [4.78, 5) is 6.01. The van der Waals surface area contributed by atoms with E-state index < -0.39 is 11.7 Å².